The zero-order chi connectivity index (χ0) is 11.4. The second kappa shape index (κ2) is 4.70. The van der Waals surface area contributed by atoms with Crippen LogP contribution in [0.1, 0.15) is 17.3 Å². The number of ether oxygens (including phenoxy) is 1. The van der Waals surface area contributed by atoms with Gasteiger partial charge in [-0.25, -0.2) is 14.8 Å². The Balaban J connectivity index is 3.20. The molecule has 1 heterocycles. The molecule has 0 saturated heterocycles. The number of methoxy groups -OCH3 is 1. The lowest BCUT2D eigenvalue weighted by atomic mass is 10.3. The molecule has 0 aromatic carbocycles. The van der Waals surface area contributed by atoms with Crippen molar-refractivity contribution >= 4 is 29.3 Å². The van der Waals surface area contributed by atoms with E-state index in [1.165, 1.54) is 14.0 Å². The van der Waals surface area contributed by atoms with Gasteiger partial charge < -0.3 is 10.1 Å². The van der Waals surface area contributed by atoms with Crippen molar-refractivity contribution in [2.75, 3.05) is 12.4 Å². The van der Waals surface area contributed by atoms with Crippen molar-refractivity contribution in [3.63, 3.8) is 0 Å². The van der Waals surface area contributed by atoms with Crippen molar-refractivity contribution in [2.24, 2.45) is 0 Å². The Labute approximate surface area is 90.6 Å². The summed E-state index contributed by atoms with van der Waals surface area (Å²) in [5, 5.41) is 2.29. The first kappa shape index (κ1) is 11.4. The Hall–Kier alpha value is -1.69. The lowest BCUT2D eigenvalue weighted by Crippen LogP contribution is -2.14. The van der Waals surface area contributed by atoms with Gasteiger partial charge >= 0.3 is 5.97 Å². The molecular weight excluding hydrogens is 222 g/mol. The molecule has 1 aromatic rings. The summed E-state index contributed by atoms with van der Waals surface area (Å²) in [7, 11) is 1.20. The van der Waals surface area contributed by atoms with E-state index < -0.39 is 5.97 Å². The fraction of sp³-hybridized carbons (Fsp3) is 0.250. The third-order valence-electron chi connectivity index (χ3n) is 1.48. The van der Waals surface area contributed by atoms with Crippen LogP contribution in [0.2, 0.25) is 5.15 Å². The van der Waals surface area contributed by atoms with Crippen molar-refractivity contribution in [2.45, 2.75) is 6.92 Å². The largest absolute Gasteiger partial charge is 0.465 e. The van der Waals surface area contributed by atoms with Crippen molar-refractivity contribution in [3.05, 3.63) is 17.0 Å². The first-order valence-electron chi connectivity index (χ1n) is 3.92. The third-order valence-corrected chi connectivity index (χ3v) is 1.77. The molecule has 0 atom stereocenters. The normalized spacial score (nSPS) is 9.53. The Morgan fingerprint density at radius 3 is 2.67 bits per heavy atom. The predicted molar refractivity (Wildman–Crippen MR) is 52.7 cm³/mol. The van der Waals surface area contributed by atoms with Gasteiger partial charge in [-0.15, -0.1) is 0 Å². The van der Waals surface area contributed by atoms with Gasteiger partial charge in [0, 0.05) is 6.92 Å². The summed E-state index contributed by atoms with van der Waals surface area (Å²) in [4.78, 5) is 29.5. The summed E-state index contributed by atoms with van der Waals surface area (Å²) < 4.78 is 4.48. The van der Waals surface area contributed by atoms with Crippen LogP contribution < -0.4 is 5.32 Å². The number of carbonyl (C=O) groups is 2. The molecule has 0 aliphatic rings. The first-order chi connectivity index (χ1) is 7.06. The molecule has 0 spiro atoms. The van der Waals surface area contributed by atoms with Crippen LogP contribution in [0.25, 0.3) is 0 Å². The summed E-state index contributed by atoms with van der Waals surface area (Å²) in [6.45, 7) is 1.29. The second-order valence-electron chi connectivity index (χ2n) is 2.56. The molecule has 1 rings (SSSR count). The highest BCUT2D eigenvalue weighted by atomic mass is 35.5. The molecule has 1 N–H and O–H groups in total. The van der Waals surface area contributed by atoms with Gasteiger partial charge in [-0.3, -0.25) is 4.79 Å². The maximum Gasteiger partial charge on any atom is 0.344 e. The fourth-order valence-corrected chi connectivity index (χ4v) is 1.12. The Morgan fingerprint density at radius 1 is 1.47 bits per heavy atom. The van der Waals surface area contributed by atoms with Crippen LogP contribution in [-0.2, 0) is 9.53 Å². The van der Waals surface area contributed by atoms with Gasteiger partial charge in [0.2, 0.25) is 5.91 Å². The van der Waals surface area contributed by atoms with Gasteiger partial charge in [0.05, 0.1) is 7.11 Å². The zero-order valence-electron chi connectivity index (χ0n) is 8.07. The highest BCUT2D eigenvalue weighted by Crippen LogP contribution is 2.20. The van der Waals surface area contributed by atoms with Crippen LogP contribution >= 0.6 is 11.6 Å². The minimum absolute atomic E-state index is 0.0364. The van der Waals surface area contributed by atoms with E-state index in [0.717, 1.165) is 6.33 Å². The van der Waals surface area contributed by atoms with Crippen molar-refractivity contribution in [3.8, 4) is 0 Å². The van der Waals surface area contributed by atoms with Crippen LogP contribution in [0.4, 0.5) is 5.82 Å². The second-order valence-corrected chi connectivity index (χ2v) is 2.92. The number of hydrogen-bond donors (Lipinski definition) is 1. The number of amides is 1. The molecule has 80 valence electrons. The first-order valence-corrected chi connectivity index (χ1v) is 4.30. The van der Waals surface area contributed by atoms with Crippen LogP contribution in [0.5, 0.6) is 0 Å². The van der Waals surface area contributed by atoms with Crippen LogP contribution in [0.15, 0.2) is 6.33 Å². The van der Waals surface area contributed by atoms with Crippen molar-refractivity contribution < 1.29 is 14.3 Å². The number of carbonyl (C=O) groups excluding carboxylic acids is 2. The Morgan fingerprint density at radius 2 is 2.13 bits per heavy atom. The van der Waals surface area contributed by atoms with E-state index in [4.69, 9.17) is 11.6 Å². The summed E-state index contributed by atoms with van der Waals surface area (Å²) in [6, 6.07) is 0. The topological polar surface area (TPSA) is 81.2 Å². The quantitative estimate of drug-likeness (QED) is 0.601. The van der Waals surface area contributed by atoms with E-state index in [2.05, 4.69) is 20.0 Å². The Bertz CT molecular complexity index is 408. The molecule has 15 heavy (non-hydrogen) atoms. The molecule has 0 fully saturated rings. The van der Waals surface area contributed by atoms with E-state index in [-0.39, 0.29) is 22.4 Å². The summed E-state index contributed by atoms with van der Waals surface area (Å²) in [6.07, 6.45) is 1.14. The van der Waals surface area contributed by atoms with Gasteiger partial charge in [0.15, 0.2) is 5.82 Å². The summed E-state index contributed by atoms with van der Waals surface area (Å²) in [5.74, 6) is -1.03. The maximum atomic E-state index is 11.3. The third kappa shape index (κ3) is 2.63. The zero-order valence-corrected chi connectivity index (χ0v) is 8.83. The average Bonchev–Trinajstić information content (AvgIpc) is 2.16. The van der Waals surface area contributed by atoms with E-state index in [0.29, 0.717) is 0 Å². The SMILES string of the molecule is COC(=O)c1c(Cl)ncnc1NC(C)=O. The minimum Gasteiger partial charge on any atom is -0.465 e. The predicted octanol–water partition coefficient (Wildman–Crippen LogP) is 0.875. The van der Waals surface area contributed by atoms with Crippen LogP contribution in [0, 0.1) is 0 Å². The summed E-state index contributed by atoms with van der Waals surface area (Å²) >= 11 is 5.68. The number of hydrogen-bond acceptors (Lipinski definition) is 5. The molecule has 7 heteroatoms. The van der Waals surface area contributed by atoms with Crippen LogP contribution in [-0.4, -0.2) is 29.0 Å². The standard InChI is InChI=1S/C8H8ClN3O3/c1-4(13)12-7-5(8(14)15-2)6(9)10-3-11-7/h3H,1-2H3,(H,10,11,12,13). The monoisotopic (exact) mass is 229 g/mol. The molecule has 1 amide bonds. The number of halogens is 1. The van der Waals surface area contributed by atoms with Gasteiger partial charge in [-0.1, -0.05) is 11.6 Å². The lowest BCUT2D eigenvalue weighted by Gasteiger charge is -2.07. The highest BCUT2D eigenvalue weighted by molar-refractivity contribution is 6.33. The Kier molecular flexibility index (Phi) is 3.56. The molecule has 6 nitrogen and oxygen atoms in total. The van der Waals surface area contributed by atoms with Gasteiger partial charge in [-0.05, 0) is 0 Å². The molecule has 0 aliphatic carbocycles. The van der Waals surface area contributed by atoms with Crippen LogP contribution in [0.3, 0.4) is 0 Å². The minimum atomic E-state index is -0.704. The molecule has 0 bridgehead atoms. The van der Waals surface area contributed by atoms with Gasteiger partial charge in [0.25, 0.3) is 0 Å². The average molecular weight is 230 g/mol. The summed E-state index contributed by atoms with van der Waals surface area (Å²) in [5.41, 5.74) is -0.0585. The number of rotatable bonds is 2. The number of nitrogens with zero attached hydrogens (tertiary/aromatic N) is 2. The molecule has 0 unspecified atom stereocenters. The van der Waals surface area contributed by atoms with E-state index in [9.17, 15) is 9.59 Å². The fourth-order valence-electron chi connectivity index (χ4n) is 0.909. The number of anilines is 1. The van der Waals surface area contributed by atoms with E-state index in [1.807, 2.05) is 0 Å². The molecular formula is C8H8ClN3O3. The van der Waals surface area contributed by atoms with Gasteiger partial charge in [0.1, 0.15) is 17.0 Å². The maximum absolute atomic E-state index is 11.3. The number of nitrogens with one attached hydrogen (secondary N) is 1. The van der Waals surface area contributed by atoms with E-state index in [1.54, 1.807) is 0 Å². The lowest BCUT2D eigenvalue weighted by molar-refractivity contribution is -0.114. The molecule has 0 saturated carbocycles. The van der Waals surface area contributed by atoms with E-state index >= 15 is 0 Å². The van der Waals surface area contributed by atoms with Crippen molar-refractivity contribution in [1.82, 2.24) is 9.97 Å². The van der Waals surface area contributed by atoms with Gasteiger partial charge in [-0.2, -0.15) is 0 Å². The number of esters is 1. The highest BCUT2D eigenvalue weighted by Gasteiger charge is 2.19. The number of aromatic nitrogens is 2. The van der Waals surface area contributed by atoms with Crippen molar-refractivity contribution in [1.29, 1.82) is 0 Å². The smallest absolute Gasteiger partial charge is 0.344 e. The molecule has 0 aliphatic heterocycles. The molecule has 1 aromatic heterocycles. The molecule has 0 radical (unpaired) electrons.